The lowest BCUT2D eigenvalue weighted by Crippen LogP contribution is -2.34. The van der Waals surface area contributed by atoms with Crippen LogP contribution in [0.15, 0.2) is 18.2 Å². The van der Waals surface area contributed by atoms with E-state index in [2.05, 4.69) is 4.72 Å². The summed E-state index contributed by atoms with van der Waals surface area (Å²) in [6.45, 7) is -0.163. The van der Waals surface area contributed by atoms with Crippen LogP contribution in [0.25, 0.3) is 0 Å². The number of benzene rings is 1. The highest BCUT2D eigenvalue weighted by molar-refractivity contribution is 7.90. The molecule has 0 atom stereocenters. The highest BCUT2D eigenvalue weighted by atomic mass is 35.5. The first kappa shape index (κ1) is 16.2. The third-order valence-electron chi connectivity index (χ3n) is 2.38. The molecule has 0 aliphatic rings. The second-order valence-corrected chi connectivity index (χ2v) is 6.06. The summed E-state index contributed by atoms with van der Waals surface area (Å²) in [5.41, 5.74) is 0.313. The number of nitrogens with zero attached hydrogens (tertiary/aromatic N) is 2. The highest BCUT2D eigenvalue weighted by Crippen LogP contribution is 2.20. The van der Waals surface area contributed by atoms with Crippen molar-refractivity contribution in [3.05, 3.63) is 28.8 Å². The molecule has 0 saturated carbocycles. The number of hydrogen-bond acceptors (Lipinski definition) is 4. The summed E-state index contributed by atoms with van der Waals surface area (Å²) in [6.07, 6.45) is -0.304. The maximum atomic E-state index is 11.9. The molecule has 1 aromatic carbocycles. The van der Waals surface area contributed by atoms with Crippen molar-refractivity contribution in [3.8, 4) is 6.07 Å². The molecule has 0 aliphatic carbocycles. The van der Waals surface area contributed by atoms with Crippen LogP contribution in [0, 0.1) is 11.3 Å². The number of hydrogen-bond donors (Lipinski definition) is 2. The molecule has 0 radical (unpaired) electrons. The molecule has 0 fully saturated rings. The minimum Gasteiger partial charge on any atom is -0.481 e. The van der Waals surface area contributed by atoms with E-state index in [0.717, 1.165) is 4.31 Å². The maximum absolute atomic E-state index is 11.9. The Bertz CT molecular complexity index is 654. The predicted molar refractivity (Wildman–Crippen MR) is 73.6 cm³/mol. The zero-order valence-corrected chi connectivity index (χ0v) is 12.1. The quantitative estimate of drug-likeness (QED) is 0.821. The average molecular weight is 318 g/mol. The minimum atomic E-state index is -3.88. The standard InChI is InChI=1S/C11H12ClN3O4S/c1-15(5-4-11(16)17)20(18,19)14-9-2-3-10(12)8(6-9)7-13/h2-3,6,14H,4-5H2,1H3,(H,16,17). The second kappa shape index (κ2) is 6.56. The van der Waals surface area contributed by atoms with Crippen molar-refractivity contribution < 1.29 is 18.3 Å². The van der Waals surface area contributed by atoms with E-state index in [-0.39, 0.29) is 29.2 Å². The van der Waals surface area contributed by atoms with Gasteiger partial charge in [-0.05, 0) is 18.2 Å². The van der Waals surface area contributed by atoms with Gasteiger partial charge < -0.3 is 5.11 Å². The summed E-state index contributed by atoms with van der Waals surface area (Å²) in [5.74, 6) is -1.09. The zero-order valence-electron chi connectivity index (χ0n) is 10.5. The smallest absolute Gasteiger partial charge is 0.304 e. The summed E-state index contributed by atoms with van der Waals surface area (Å²) in [5, 5.41) is 17.5. The van der Waals surface area contributed by atoms with Gasteiger partial charge in [0.15, 0.2) is 0 Å². The van der Waals surface area contributed by atoms with Crippen molar-refractivity contribution >= 4 is 33.5 Å². The zero-order chi connectivity index (χ0) is 15.3. The Morgan fingerprint density at radius 2 is 2.20 bits per heavy atom. The van der Waals surface area contributed by atoms with Crippen molar-refractivity contribution in [3.63, 3.8) is 0 Å². The van der Waals surface area contributed by atoms with Gasteiger partial charge in [-0.2, -0.15) is 18.0 Å². The molecule has 0 aromatic heterocycles. The normalized spacial score (nSPS) is 11.1. The van der Waals surface area contributed by atoms with Crippen LogP contribution < -0.4 is 4.72 Å². The molecular formula is C11H12ClN3O4S. The van der Waals surface area contributed by atoms with E-state index in [1.165, 1.54) is 25.2 Å². The molecule has 0 saturated heterocycles. The van der Waals surface area contributed by atoms with Gasteiger partial charge in [-0.1, -0.05) is 11.6 Å². The Labute approximate surface area is 121 Å². The van der Waals surface area contributed by atoms with E-state index in [1.54, 1.807) is 0 Å². The first-order valence-electron chi connectivity index (χ1n) is 5.42. The van der Waals surface area contributed by atoms with Crippen molar-refractivity contribution in [2.45, 2.75) is 6.42 Å². The lowest BCUT2D eigenvalue weighted by atomic mass is 10.2. The Morgan fingerprint density at radius 1 is 1.55 bits per heavy atom. The van der Waals surface area contributed by atoms with E-state index in [9.17, 15) is 13.2 Å². The van der Waals surface area contributed by atoms with Crippen LogP contribution in [0.4, 0.5) is 5.69 Å². The number of carboxylic acids is 1. The van der Waals surface area contributed by atoms with Crippen LogP contribution >= 0.6 is 11.6 Å². The molecule has 20 heavy (non-hydrogen) atoms. The van der Waals surface area contributed by atoms with Crippen LogP contribution in [-0.4, -0.2) is 37.4 Å². The van der Waals surface area contributed by atoms with Gasteiger partial charge in [-0.15, -0.1) is 0 Å². The molecule has 9 heteroatoms. The molecule has 108 valence electrons. The number of carboxylic acid groups (broad SMARTS) is 1. The van der Waals surface area contributed by atoms with Gasteiger partial charge in [0, 0.05) is 13.6 Å². The number of carbonyl (C=O) groups is 1. The van der Waals surface area contributed by atoms with Crippen LogP contribution in [0.3, 0.4) is 0 Å². The fraction of sp³-hybridized carbons (Fsp3) is 0.273. The Kier molecular flexibility index (Phi) is 5.33. The molecule has 2 N–H and O–H groups in total. The lowest BCUT2D eigenvalue weighted by molar-refractivity contribution is -0.137. The SMILES string of the molecule is CN(CCC(=O)O)S(=O)(=O)Nc1ccc(Cl)c(C#N)c1. The molecule has 1 rings (SSSR count). The number of anilines is 1. The third-order valence-corrected chi connectivity index (χ3v) is 4.21. The molecule has 0 amide bonds. The summed E-state index contributed by atoms with van der Waals surface area (Å²) in [4.78, 5) is 10.4. The Balaban J connectivity index is 2.86. The summed E-state index contributed by atoms with van der Waals surface area (Å²) >= 11 is 5.74. The van der Waals surface area contributed by atoms with Crippen LogP contribution in [0.5, 0.6) is 0 Å². The number of aliphatic carboxylic acids is 1. The lowest BCUT2D eigenvalue weighted by Gasteiger charge is -2.17. The monoisotopic (exact) mass is 317 g/mol. The van der Waals surface area contributed by atoms with Crippen molar-refractivity contribution in [1.82, 2.24) is 4.31 Å². The third kappa shape index (κ3) is 4.38. The van der Waals surface area contributed by atoms with Gasteiger partial charge in [0.25, 0.3) is 0 Å². The molecule has 0 unspecified atom stereocenters. The maximum Gasteiger partial charge on any atom is 0.304 e. The van der Waals surface area contributed by atoms with Gasteiger partial charge in [0.05, 0.1) is 22.7 Å². The van der Waals surface area contributed by atoms with Crippen LogP contribution in [0.2, 0.25) is 5.02 Å². The molecule has 0 heterocycles. The topological polar surface area (TPSA) is 110 Å². The summed E-state index contributed by atoms with van der Waals surface area (Å²) < 4.78 is 26.9. The van der Waals surface area contributed by atoms with Crippen LogP contribution in [-0.2, 0) is 15.0 Å². The van der Waals surface area contributed by atoms with Crippen molar-refractivity contribution in [2.24, 2.45) is 0 Å². The van der Waals surface area contributed by atoms with Crippen molar-refractivity contribution in [1.29, 1.82) is 5.26 Å². The molecule has 1 aromatic rings. The van der Waals surface area contributed by atoms with E-state index >= 15 is 0 Å². The molecule has 0 aliphatic heterocycles. The van der Waals surface area contributed by atoms with E-state index in [0.29, 0.717) is 0 Å². The van der Waals surface area contributed by atoms with E-state index < -0.39 is 16.2 Å². The van der Waals surface area contributed by atoms with Gasteiger partial charge in [0.2, 0.25) is 0 Å². The first-order chi connectivity index (χ1) is 9.26. The van der Waals surface area contributed by atoms with Gasteiger partial charge in [0.1, 0.15) is 6.07 Å². The number of nitrogens with one attached hydrogen (secondary N) is 1. The fourth-order valence-corrected chi connectivity index (χ4v) is 2.35. The summed E-state index contributed by atoms with van der Waals surface area (Å²) in [7, 11) is -2.62. The highest BCUT2D eigenvalue weighted by Gasteiger charge is 2.18. The summed E-state index contributed by atoms with van der Waals surface area (Å²) in [6, 6.07) is 5.94. The molecular weight excluding hydrogens is 306 g/mol. The van der Waals surface area contributed by atoms with E-state index in [1.807, 2.05) is 6.07 Å². The molecule has 7 nitrogen and oxygen atoms in total. The Hall–Kier alpha value is -1.82. The predicted octanol–water partition coefficient (Wildman–Crippen LogP) is 1.27. The number of rotatable bonds is 6. The first-order valence-corrected chi connectivity index (χ1v) is 7.23. The average Bonchev–Trinajstić information content (AvgIpc) is 2.37. The van der Waals surface area contributed by atoms with Gasteiger partial charge in [-0.3, -0.25) is 9.52 Å². The van der Waals surface area contributed by atoms with E-state index in [4.69, 9.17) is 22.0 Å². The largest absolute Gasteiger partial charge is 0.481 e. The van der Waals surface area contributed by atoms with Gasteiger partial charge in [-0.25, -0.2) is 0 Å². The molecule has 0 spiro atoms. The molecule has 0 bridgehead atoms. The fourth-order valence-electron chi connectivity index (χ4n) is 1.27. The Morgan fingerprint density at radius 3 is 2.75 bits per heavy atom. The van der Waals surface area contributed by atoms with Crippen LogP contribution in [0.1, 0.15) is 12.0 Å². The number of nitriles is 1. The number of halogens is 1. The minimum absolute atomic E-state index is 0.139. The van der Waals surface area contributed by atoms with Gasteiger partial charge >= 0.3 is 16.2 Å². The van der Waals surface area contributed by atoms with Crippen molar-refractivity contribution in [2.75, 3.05) is 18.3 Å². The second-order valence-electron chi connectivity index (χ2n) is 3.88.